The molecular formula is C17H23N3O2S. The van der Waals surface area contributed by atoms with Crippen molar-refractivity contribution < 1.29 is 9.90 Å². The Morgan fingerprint density at radius 2 is 1.91 bits per heavy atom. The molecule has 2 rings (SSSR count). The van der Waals surface area contributed by atoms with E-state index < -0.39 is 0 Å². The Balaban J connectivity index is 1.68. The highest BCUT2D eigenvalue weighted by Gasteiger charge is 2.07. The van der Waals surface area contributed by atoms with Crippen LogP contribution in [-0.4, -0.2) is 22.7 Å². The van der Waals surface area contributed by atoms with E-state index in [0.717, 1.165) is 28.2 Å². The van der Waals surface area contributed by atoms with Gasteiger partial charge in [0, 0.05) is 11.9 Å². The zero-order valence-corrected chi connectivity index (χ0v) is 14.3. The van der Waals surface area contributed by atoms with Gasteiger partial charge in [-0.05, 0) is 23.5 Å². The van der Waals surface area contributed by atoms with Gasteiger partial charge in [-0.3, -0.25) is 0 Å². The summed E-state index contributed by atoms with van der Waals surface area (Å²) in [5, 5.41) is 17.6. The number of nitrogens with zero attached hydrogens (tertiary/aromatic N) is 1. The first-order valence-corrected chi connectivity index (χ1v) is 8.61. The number of aliphatic hydroxyl groups excluding tert-OH is 1. The van der Waals surface area contributed by atoms with Gasteiger partial charge >= 0.3 is 6.03 Å². The minimum atomic E-state index is -0.182. The number of hydrogen-bond donors (Lipinski definition) is 3. The van der Waals surface area contributed by atoms with Crippen molar-refractivity contribution in [3.63, 3.8) is 0 Å². The summed E-state index contributed by atoms with van der Waals surface area (Å²) in [6.45, 7) is 5.28. The molecule has 0 bridgehead atoms. The predicted molar refractivity (Wildman–Crippen MR) is 92.5 cm³/mol. The Morgan fingerprint density at radius 1 is 1.22 bits per heavy atom. The molecule has 1 aromatic heterocycles. The average Bonchev–Trinajstić information content (AvgIpc) is 3.03. The van der Waals surface area contributed by atoms with E-state index in [-0.39, 0.29) is 12.6 Å². The first kappa shape index (κ1) is 17.4. The standard InChI is InChI=1S/C17H23N3O2S/c1-12(2)15-11-23-16(20-15)9-19-17(22)18-8-7-13-3-5-14(10-21)6-4-13/h3-6,11-12,21H,7-10H2,1-2H3,(H2,18,19,22). The molecule has 3 N–H and O–H groups in total. The number of benzene rings is 1. The number of urea groups is 1. The summed E-state index contributed by atoms with van der Waals surface area (Å²) >= 11 is 1.57. The number of aliphatic hydroxyl groups is 1. The summed E-state index contributed by atoms with van der Waals surface area (Å²) in [5.41, 5.74) is 3.09. The summed E-state index contributed by atoms with van der Waals surface area (Å²) in [6, 6.07) is 7.54. The highest BCUT2D eigenvalue weighted by Crippen LogP contribution is 2.17. The lowest BCUT2D eigenvalue weighted by atomic mass is 10.1. The molecule has 0 spiro atoms. The third kappa shape index (κ3) is 5.65. The van der Waals surface area contributed by atoms with Gasteiger partial charge in [-0.2, -0.15) is 0 Å². The number of nitrogens with one attached hydrogen (secondary N) is 2. The second-order valence-electron chi connectivity index (χ2n) is 5.65. The largest absolute Gasteiger partial charge is 0.392 e. The van der Waals surface area contributed by atoms with E-state index in [4.69, 9.17) is 5.11 Å². The molecule has 0 aliphatic carbocycles. The quantitative estimate of drug-likeness (QED) is 0.729. The van der Waals surface area contributed by atoms with E-state index in [2.05, 4.69) is 29.5 Å². The minimum Gasteiger partial charge on any atom is -0.392 e. The number of carbonyl (C=O) groups is 1. The Hall–Kier alpha value is -1.92. The first-order valence-electron chi connectivity index (χ1n) is 7.73. The highest BCUT2D eigenvalue weighted by molar-refractivity contribution is 7.09. The molecule has 0 atom stereocenters. The number of rotatable bonds is 7. The number of hydrogen-bond acceptors (Lipinski definition) is 4. The Labute approximate surface area is 140 Å². The molecule has 1 aromatic carbocycles. The molecule has 0 aliphatic rings. The van der Waals surface area contributed by atoms with E-state index in [0.29, 0.717) is 19.0 Å². The van der Waals surface area contributed by atoms with Crippen molar-refractivity contribution in [3.8, 4) is 0 Å². The summed E-state index contributed by atoms with van der Waals surface area (Å²) in [4.78, 5) is 16.3. The number of thiazole rings is 1. The fraction of sp³-hybridized carbons (Fsp3) is 0.412. The van der Waals surface area contributed by atoms with Crippen LogP contribution in [0.5, 0.6) is 0 Å². The van der Waals surface area contributed by atoms with Crippen LogP contribution in [-0.2, 0) is 19.6 Å². The third-order valence-corrected chi connectivity index (χ3v) is 4.33. The second-order valence-corrected chi connectivity index (χ2v) is 6.60. The van der Waals surface area contributed by atoms with Crippen LogP contribution in [0, 0.1) is 0 Å². The molecule has 0 saturated heterocycles. The van der Waals surface area contributed by atoms with E-state index in [9.17, 15) is 4.79 Å². The average molecular weight is 333 g/mol. The summed E-state index contributed by atoms with van der Waals surface area (Å²) < 4.78 is 0. The van der Waals surface area contributed by atoms with Crippen LogP contribution < -0.4 is 10.6 Å². The molecule has 5 nitrogen and oxygen atoms in total. The Morgan fingerprint density at radius 3 is 2.52 bits per heavy atom. The Kier molecular flexibility index (Phi) is 6.55. The van der Waals surface area contributed by atoms with Crippen molar-refractivity contribution in [2.75, 3.05) is 6.54 Å². The SMILES string of the molecule is CC(C)c1csc(CNC(=O)NCCc2ccc(CO)cc2)n1. The molecule has 1 heterocycles. The van der Waals surface area contributed by atoms with Gasteiger partial charge in [-0.1, -0.05) is 38.1 Å². The molecule has 124 valence electrons. The summed E-state index contributed by atoms with van der Waals surface area (Å²) in [6.07, 6.45) is 0.758. The smallest absolute Gasteiger partial charge is 0.315 e. The van der Waals surface area contributed by atoms with Crippen LogP contribution >= 0.6 is 11.3 Å². The van der Waals surface area contributed by atoms with Gasteiger partial charge in [-0.15, -0.1) is 11.3 Å². The third-order valence-electron chi connectivity index (χ3n) is 3.47. The molecule has 0 saturated carbocycles. The van der Waals surface area contributed by atoms with Crippen molar-refractivity contribution in [1.82, 2.24) is 15.6 Å². The molecule has 0 radical (unpaired) electrons. The van der Waals surface area contributed by atoms with Gasteiger partial charge in [0.25, 0.3) is 0 Å². The normalized spacial score (nSPS) is 10.8. The van der Waals surface area contributed by atoms with Crippen molar-refractivity contribution in [2.24, 2.45) is 0 Å². The van der Waals surface area contributed by atoms with Crippen LogP contribution in [0.4, 0.5) is 4.79 Å². The van der Waals surface area contributed by atoms with Crippen LogP contribution in [0.3, 0.4) is 0 Å². The lowest BCUT2D eigenvalue weighted by Gasteiger charge is -2.07. The molecule has 6 heteroatoms. The van der Waals surface area contributed by atoms with Crippen molar-refractivity contribution in [2.45, 2.75) is 39.3 Å². The van der Waals surface area contributed by atoms with E-state index >= 15 is 0 Å². The number of carbonyl (C=O) groups excluding carboxylic acids is 1. The molecule has 0 fully saturated rings. The monoisotopic (exact) mass is 333 g/mol. The fourth-order valence-electron chi connectivity index (χ4n) is 2.02. The number of aromatic nitrogens is 1. The predicted octanol–water partition coefficient (Wildman–Crippen LogP) is 2.80. The van der Waals surface area contributed by atoms with Gasteiger partial charge < -0.3 is 15.7 Å². The minimum absolute atomic E-state index is 0.0518. The maximum atomic E-state index is 11.8. The van der Waals surface area contributed by atoms with Gasteiger partial charge in [0.2, 0.25) is 0 Å². The van der Waals surface area contributed by atoms with E-state index in [1.54, 1.807) is 11.3 Å². The topological polar surface area (TPSA) is 74.2 Å². The van der Waals surface area contributed by atoms with Gasteiger partial charge in [-0.25, -0.2) is 9.78 Å². The molecule has 0 unspecified atom stereocenters. The zero-order chi connectivity index (χ0) is 16.7. The molecule has 23 heavy (non-hydrogen) atoms. The van der Waals surface area contributed by atoms with Crippen molar-refractivity contribution in [3.05, 3.63) is 51.5 Å². The second kappa shape index (κ2) is 8.64. The lowest BCUT2D eigenvalue weighted by molar-refractivity contribution is 0.240. The zero-order valence-electron chi connectivity index (χ0n) is 13.5. The van der Waals surface area contributed by atoms with Crippen molar-refractivity contribution >= 4 is 17.4 Å². The molecule has 2 amide bonds. The van der Waals surface area contributed by atoms with Gasteiger partial charge in [0.15, 0.2) is 0 Å². The van der Waals surface area contributed by atoms with Gasteiger partial charge in [0.1, 0.15) is 5.01 Å². The maximum Gasteiger partial charge on any atom is 0.315 e. The lowest BCUT2D eigenvalue weighted by Crippen LogP contribution is -2.36. The van der Waals surface area contributed by atoms with E-state index in [1.807, 2.05) is 29.6 Å². The molecular weight excluding hydrogens is 310 g/mol. The van der Waals surface area contributed by atoms with Crippen LogP contribution in [0.25, 0.3) is 0 Å². The molecule has 2 aromatic rings. The van der Waals surface area contributed by atoms with Crippen LogP contribution in [0.2, 0.25) is 0 Å². The number of amides is 2. The maximum absolute atomic E-state index is 11.8. The first-order chi connectivity index (χ1) is 11.1. The van der Waals surface area contributed by atoms with Gasteiger partial charge in [0.05, 0.1) is 18.8 Å². The fourth-order valence-corrected chi connectivity index (χ4v) is 2.92. The van der Waals surface area contributed by atoms with E-state index in [1.165, 1.54) is 0 Å². The van der Waals surface area contributed by atoms with Crippen LogP contribution in [0.15, 0.2) is 29.6 Å². The van der Waals surface area contributed by atoms with Crippen LogP contribution in [0.1, 0.15) is 41.6 Å². The summed E-state index contributed by atoms with van der Waals surface area (Å²) in [5.74, 6) is 0.408. The van der Waals surface area contributed by atoms with Crippen molar-refractivity contribution in [1.29, 1.82) is 0 Å². The summed E-state index contributed by atoms with van der Waals surface area (Å²) in [7, 11) is 0. The highest BCUT2D eigenvalue weighted by atomic mass is 32.1. The molecule has 0 aliphatic heterocycles. The Bertz CT molecular complexity index is 623.